The number of rotatable bonds is 0. The highest BCUT2D eigenvalue weighted by Gasteiger charge is 2.49. The lowest BCUT2D eigenvalue weighted by Gasteiger charge is -2.27. The number of hydrogen-bond acceptors (Lipinski definition) is 5. The average Bonchev–Trinajstić information content (AvgIpc) is 2.37. The maximum absolute atomic E-state index is 12.0. The Morgan fingerprint density at radius 2 is 2.06 bits per heavy atom. The quantitative estimate of drug-likeness (QED) is 0.640. The molecule has 18 heavy (non-hydrogen) atoms. The fourth-order valence-corrected chi connectivity index (χ4v) is 4.09. The van der Waals surface area contributed by atoms with Gasteiger partial charge in [-0.05, 0) is 33.6 Å². The van der Waals surface area contributed by atoms with Crippen molar-refractivity contribution in [2.75, 3.05) is 11.5 Å². The third kappa shape index (κ3) is 2.66. The molecule has 2 aliphatic rings. The van der Waals surface area contributed by atoms with Crippen LogP contribution in [0.15, 0.2) is 4.99 Å². The molecule has 102 valence electrons. The zero-order valence-electron chi connectivity index (χ0n) is 10.9. The molecule has 0 aromatic heterocycles. The Balaban J connectivity index is 2.26. The molecule has 0 aliphatic carbocycles. The van der Waals surface area contributed by atoms with Crippen LogP contribution in [0.2, 0.25) is 0 Å². The highest BCUT2D eigenvalue weighted by atomic mass is 32.2. The van der Waals surface area contributed by atoms with Crippen LogP contribution in [0.3, 0.4) is 0 Å². The van der Waals surface area contributed by atoms with Gasteiger partial charge in [0.1, 0.15) is 0 Å². The van der Waals surface area contributed by atoms with Crippen LogP contribution in [0.4, 0.5) is 0 Å². The molecule has 0 radical (unpaired) electrons. The maximum Gasteiger partial charge on any atom is 0.255 e. The van der Waals surface area contributed by atoms with Gasteiger partial charge in [-0.25, -0.2) is 13.4 Å². The van der Waals surface area contributed by atoms with E-state index in [1.165, 1.54) is 0 Å². The maximum atomic E-state index is 12.0. The highest BCUT2D eigenvalue weighted by molar-refractivity contribution is 7.91. The van der Waals surface area contributed by atoms with E-state index in [0.29, 0.717) is 18.8 Å². The molecule has 2 heterocycles. The van der Waals surface area contributed by atoms with E-state index in [4.69, 9.17) is 0 Å². The van der Waals surface area contributed by atoms with E-state index in [0.717, 1.165) is 0 Å². The minimum Gasteiger partial charge on any atom is -0.351 e. The van der Waals surface area contributed by atoms with Crippen LogP contribution in [-0.4, -0.2) is 42.9 Å². The summed E-state index contributed by atoms with van der Waals surface area (Å²) in [4.78, 5) is 16.3. The first-order valence-corrected chi connectivity index (χ1v) is 7.84. The zero-order valence-corrected chi connectivity index (χ0v) is 11.7. The Morgan fingerprint density at radius 3 is 2.61 bits per heavy atom. The normalized spacial score (nSPS) is 31.1. The molecule has 1 unspecified atom stereocenters. The van der Waals surface area contributed by atoms with Crippen LogP contribution in [0.1, 0.15) is 33.6 Å². The van der Waals surface area contributed by atoms with Gasteiger partial charge >= 0.3 is 0 Å². The minimum absolute atomic E-state index is 0.152. The third-order valence-electron chi connectivity index (χ3n) is 2.98. The average molecular weight is 273 g/mol. The SMILES string of the molecule is CC(C)(C)NC1=NC2(CCCS(=O)(=O)C2)C(=O)N1. The van der Waals surface area contributed by atoms with Gasteiger partial charge in [0.2, 0.25) is 0 Å². The minimum atomic E-state index is -3.17. The summed E-state index contributed by atoms with van der Waals surface area (Å²) in [6.45, 7) is 5.85. The second-order valence-electron chi connectivity index (χ2n) is 6.02. The number of sulfone groups is 1. The van der Waals surface area contributed by atoms with Gasteiger partial charge in [0.05, 0.1) is 11.5 Å². The molecule has 2 rings (SSSR count). The second-order valence-corrected chi connectivity index (χ2v) is 8.20. The fourth-order valence-electron chi connectivity index (χ4n) is 2.29. The van der Waals surface area contributed by atoms with E-state index in [2.05, 4.69) is 15.6 Å². The van der Waals surface area contributed by atoms with Crippen LogP contribution < -0.4 is 10.6 Å². The Morgan fingerprint density at radius 1 is 1.39 bits per heavy atom. The second kappa shape index (κ2) is 3.94. The standard InChI is InChI=1S/C11H19N3O3S/c1-10(2,3)13-9-12-8(15)11(14-9)5-4-6-18(16,17)7-11/h4-7H2,1-3H3,(H2,12,13,14,15). The molecule has 2 aliphatic heterocycles. The van der Waals surface area contributed by atoms with Crippen molar-refractivity contribution in [3.63, 3.8) is 0 Å². The van der Waals surface area contributed by atoms with E-state index in [1.54, 1.807) is 0 Å². The van der Waals surface area contributed by atoms with Crippen molar-refractivity contribution in [2.45, 2.75) is 44.7 Å². The monoisotopic (exact) mass is 273 g/mol. The van der Waals surface area contributed by atoms with Crippen LogP contribution in [0, 0.1) is 0 Å². The molecule has 1 fully saturated rings. The summed E-state index contributed by atoms with van der Waals surface area (Å²) in [5.74, 6) is 0.0444. The topological polar surface area (TPSA) is 87.6 Å². The van der Waals surface area contributed by atoms with Gasteiger partial charge in [0.25, 0.3) is 5.91 Å². The predicted octanol–water partition coefficient (Wildman–Crippen LogP) is -0.192. The summed E-state index contributed by atoms with van der Waals surface area (Å²) in [6.07, 6.45) is 0.982. The molecule has 1 saturated heterocycles. The van der Waals surface area contributed by atoms with Crippen LogP contribution in [0.25, 0.3) is 0 Å². The lowest BCUT2D eigenvalue weighted by molar-refractivity contribution is -0.123. The summed E-state index contributed by atoms with van der Waals surface area (Å²) in [6, 6.07) is 0. The largest absolute Gasteiger partial charge is 0.351 e. The summed E-state index contributed by atoms with van der Waals surface area (Å²) in [5.41, 5.74) is -1.34. The Kier molecular flexibility index (Phi) is 2.92. The Hall–Kier alpha value is -1.11. The molecule has 6 nitrogen and oxygen atoms in total. The molecule has 1 amide bonds. The van der Waals surface area contributed by atoms with E-state index in [-0.39, 0.29) is 23.0 Å². The van der Waals surface area contributed by atoms with Gasteiger partial charge in [-0.15, -0.1) is 0 Å². The molecule has 0 saturated carbocycles. The van der Waals surface area contributed by atoms with Crippen LogP contribution in [0.5, 0.6) is 0 Å². The van der Waals surface area contributed by atoms with Crippen molar-refractivity contribution in [1.29, 1.82) is 0 Å². The van der Waals surface area contributed by atoms with E-state index in [1.807, 2.05) is 20.8 Å². The van der Waals surface area contributed by atoms with Gasteiger partial charge in [-0.2, -0.15) is 0 Å². The Labute approximate surface area is 107 Å². The number of hydrogen-bond donors (Lipinski definition) is 2. The predicted molar refractivity (Wildman–Crippen MR) is 69.1 cm³/mol. The summed E-state index contributed by atoms with van der Waals surface area (Å²) >= 11 is 0. The van der Waals surface area contributed by atoms with Crippen molar-refractivity contribution >= 4 is 21.7 Å². The number of nitrogens with zero attached hydrogens (tertiary/aromatic N) is 1. The van der Waals surface area contributed by atoms with Gasteiger partial charge in [0, 0.05) is 5.54 Å². The molecule has 1 spiro atoms. The van der Waals surface area contributed by atoms with Gasteiger partial charge in [-0.1, -0.05) is 0 Å². The first-order valence-electron chi connectivity index (χ1n) is 6.02. The van der Waals surface area contributed by atoms with Crippen LogP contribution >= 0.6 is 0 Å². The lowest BCUT2D eigenvalue weighted by atomic mass is 9.96. The van der Waals surface area contributed by atoms with Gasteiger partial charge < -0.3 is 5.32 Å². The number of carbonyl (C=O) groups is 1. The number of carbonyl (C=O) groups excluding carboxylic acids is 1. The van der Waals surface area contributed by atoms with E-state index < -0.39 is 15.4 Å². The summed E-state index contributed by atoms with van der Waals surface area (Å²) in [7, 11) is -3.17. The Bertz CT molecular complexity index is 504. The van der Waals surface area contributed by atoms with Crippen molar-refractivity contribution in [2.24, 2.45) is 4.99 Å². The van der Waals surface area contributed by atoms with Crippen molar-refractivity contribution < 1.29 is 13.2 Å². The molecule has 0 bridgehead atoms. The smallest absolute Gasteiger partial charge is 0.255 e. The lowest BCUT2D eigenvalue weighted by Crippen LogP contribution is -2.50. The number of guanidine groups is 1. The van der Waals surface area contributed by atoms with Crippen LogP contribution in [-0.2, 0) is 14.6 Å². The number of nitrogens with one attached hydrogen (secondary N) is 2. The zero-order chi connectivity index (χ0) is 13.6. The fraction of sp³-hybridized carbons (Fsp3) is 0.818. The van der Waals surface area contributed by atoms with E-state index in [9.17, 15) is 13.2 Å². The van der Waals surface area contributed by atoms with Crippen molar-refractivity contribution in [3.8, 4) is 0 Å². The van der Waals surface area contributed by atoms with Crippen molar-refractivity contribution in [3.05, 3.63) is 0 Å². The molecular formula is C11H19N3O3S. The molecule has 1 atom stereocenters. The molecule has 0 aromatic rings. The van der Waals surface area contributed by atoms with E-state index >= 15 is 0 Å². The molecule has 2 N–H and O–H groups in total. The third-order valence-corrected chi connectivity index (χ3v) is 4.81. The first kappa shape index (κ1) is 13.3. The first-order chi connectivity index (χ1) is 8.12. The summed E-state index contributed by atoms with van der Waals surface area (Å²) < 4.78 is 23.4. The molecule has 0 aromatic carbocycles. The molecule has 7 heteroatoms. The molecular weight excluding hydrogens is 254 g/mol. The number of aliphatic imine (C=N–C) groups is 1. The van der Waals surface area contributed by atoms with Gasteiger partial charge in [-0.3, -0.25) is 10.1 Å². The van der Waals surface area contributed by atoms with Crippen molar-refractivity contribution in [1.82, 2.24) is 10.6 Å². The number of amides is 1. The van der Waals surface area contributed by atoms with Gasteiger partial charge in [0.15, 0.2) is 21.3 Å². The summed E-state index contributed by atoms with van der Waals surface area (Å²) in [5, 5.41) is 5.71. The highest BCUT2D eigenvalue weighted by Crippen LogP contribution is 2.29.